The molecule has 122 valence electrons. The number of nitrogens with zero attached hydrogens (tertiary/aromatic N) is 1. The fraction of sp³-hybridized carbons (Fsp3) is 0.438. The van der Waals surface area contributed by atoms with E-state index in [0.717, 1.165) is 12.8 Å². The molecule has 23 heavy (non-hydrogen) atoms. The lowest BCUT2D eigenvalue weighted by atomic mass is 10.0. The third-order valence-corrected chi connectivity index (χ3v) is 4.18. The monoisotopic (exact) mass is 318 g/mol. The number of anilines is 1. The van der Waals surface area contributed by atoms with Gasteiger partial charge in [0.25, 0.3) is 5.91 Å². The largest absolute Gasteiger partial charge is 0.482 e. The van der Waals surface area contributed by atoms with Gasteiger partial charge >= 0.3 is 5.97 Å². The smallest absolute Gasteiger partial charge is 0.320 e. The van der Waals surface area contributed by atoms with Gasteiger partial charge in [-0.1, -0.05) is 6.42 Å². The average Bonchev–Trinajstić information content (AvgIpc) is 2.54. The number of carbonyl (C=O) groups is 3. The van der Waals surface area contributed by atoms with E-state index in [-0.39, 0.29) is 24.8 Å². The van der Waals surface area contributed by atoms with Crippen LogP contribution in [0.25, 0.3) is 0 Å². The minimum absolute atomic E-state index is 0.0334. The number of Topliss-reactive ketones (excluding diaryl/α,β-unsaturated/α-hetero) is 1. The molecule has 1 fully saturated rings. The Bertz CT molecular complexity index is 658. The number of carboxylic acid groups (broad SMARTS) is 1. The van der Waals surface area contributed by atoms with E-state index in [1.165, 1.54) is 0 Å². The Hall–Kier alpha value is -2.41. The van der Waals surface area contributed by atoms with Gasteiger partial charge in [0.05, 0.1) is 12.2 Å². The normalized spacial score (nSPS) is 21.0. The van der Waals surface area contributed by atoms with E-state index < -0.39 is 12.0 Å². The number of benzene rings is 1. The summed E-state index contributed by atoms with van der Waals surface area (Å²) in [5.41, 5.74) is 0.907. The minimum Gasteiger partial charge on any atom is -0.482 e. The molecule has 0 radical (unpaired) electrons. The second kappa shape index (κ2) is 6.37. The molecule has 1 unspecified atom stereocenters. The van der Waals surface area contributed by atoms with Crippen LogP contribution in [0.1, 0.15) is 29.6 Å². The van der Waals surface area contributed by atoms with Gasteiger partial charge in [-0.05, 0) is 37.6 Å². The number of likely N-dealkylation sites (tertiary alicyclic amines) is 1. The first-order valence-electron chi connectivity index (χ1n) is 7.61. The molecule has 2 heterocycles. The zero-order valence-corrected chi connectivity index (χ0v) is 12.6. The summed E-state index contributed by atoms with van der Waals surface area (Å²) in [5.74, 6) is -0.781. The Kier molecular flexibility index (Phi) is 4.29. The molecule has 0 bridgehead atoms. The van der Waals surface area contributed by atoms with Gasteiger partial charge in [0.1, 0.15) is 11.8 Å². The van der Waals surface area contributed by atoms with Crippen LogP contribution in [-0.4, -0.2) is 53.4 Å². The van der Waals surface area contributed by atoms with E-state index in [1.54, 1.807) is 23.1 Å². The van der Waals surface area contributed by atoms with Gasteiger partial charge in [0, 0.05) is 5.56 Å². The van der Waals surface area contributed by atoms with Crippen LogP contribution in [0, 0.1) is 0 Å². The Labute approximate surface area is 133 Å². The van der Waals surface area contributed by atoms with E-state index in [2.05, 4.69) is 5.32 Å². The van der Waals surface area contributed by atoms with Crippen molar-refractivity contribution in [3.8, 4) is 5.75 Å². The number of aliphatic carboxylic acids is 1. The first kappa shape index (κ1) is 15.5. The lowest BCUT2D eigenvalue weighted by Gasteiger charge is -2.32. The molecule has 3 rings (SSSR count). The number of piperidine rings is 1. The van der Waals surface area contributed by atoms with E-state index in [9.17, 15) is 19.5 Å². The number of ketones is 1. The summed E-state index contributed by atoms with van der Waals surface area (Å²) in [6.45, 7) is 0.631. The van der Waals surface area contributed by atoms with Crippen molar-refractivity contribution in [2.75, 3.05) is 25.0 Å². The Morgan fingerprint density at radius 2 is 2.17 bits per heavy atom. The molecule has 0 spiro atoms. The van der Waals surface area contributed by atoms with Crippen LogP contribution >= 0.6 is 0 Å². The summed E-state index contributed by atoms with van der Waals surface area (Å²) in [6, 6.07) is 4.26. The molecule has 1 amide bonds. The minimum atomic E-state index is -0.886. The molecule has 0 aliphatic carbocycles. The third kappa shape index (κ3) is 3.34. The maximum atomic E-state index is 12.5. The number of ether oxygens (including phenoxy) is 1. The molecular weight excluding hydrogens is 300 g/mol. The zero-order valence-electron chi connectivity index (χ0n) is 12.6. The van der Waals surface area contributed by atoms with Crippen molar-refractivity contribution >= 4 is 23.3 Å². The maximum absolute atomic E-state index is 12.5. The van der Waals surface area contributed by atoms with Gasteiger partial charge < -0.3 is 15.2 Å². The topological polar surface area (TPSA) is 95.9 Å². The average molecular weight is 318 g/mol. The molecule has 1 atom stereocenters. The van der Waals surface area contributed by atoms with E-state index in [4.69, 9.17) is 4.74 Å². The van der Waals surface area contributed by atoms with E-state index in [1.807, 2.05) is 0 Å². The highest BCUT2D eigenvalue weighted by Crippen LogP contribution is 2.29. The number of carbonyl (C=O) groups excluding carboxylic acids is 2. The Balaban J connectivity index is 1.74. The number of nitrogens with one attached hydrogen (secondary N) is 1. The maximum Gasteiger partial charge on any atom is 0.320 e. The van der Waals surface area contributed by atoms with Crippen LogP contribution in [-0.2, 0) is 9.59 Å². The first-order valence-corrected chi connectivity index (χ1v) is 7.61. The molecular formula is C16H18N2O5. The second-order valence-electron chi connectivity index (χ2n) is 5.79. The lowest BCUT2D eigenvalue weighted by Crippen LogP contribution is -2.46. The number of fused-ring (bicyclic) bond motifs is 1. The third-order valence-electron chi connectivity index (χ3n) is 4.18. The van der Waals surface area contributed by atoms with Crippen LogP contribution in [0.2, 0.25) is 0 Å². The fourth-order valence-corrected chi connectivity index (χ4v) is 2.99. The molecule has 7 heteroatoms. The van der Waals surface area contributed by atoms with Gasteiger partial charge in [0.15, 0.2) is 12.4 Å². The fourth-order valence-electron chi connectivity index (χ4n) is 2.99. The number of hydrogen-bond donors (Lipinski definition) is 2. The number of hydrogen-bond acceptors (Lipinski definition) is 5. The van der Waals surface area contributed by atoms with Crippen molar-refractivity contribution in [2.45, 2.75) is 25.3 Å². The Morgan fingerprint density at radius 1 is 1.35 bits per heavy atom. The highest BCUT2D eigenvalue weighted by atomic mass is 16.5. The van der Waals surface area contributed by atoms with Crippen LogP contribution in [0.3, 0.4) is 0 Å². The Morgan fingerprint density at radius 3 is 2.96 bits per heavy atom. The van der Waals surface area contributed by atoms with Crippen LogP contribution < -0.4 is 10.1 Å². The predicted octanol–water partition coefficient (Wildman–Crippen LogP) is 1.14. The molecule has 1 saturated heterocycles. The highest BCUT2D eigenvalue weighted by molar-refractivity contribution is 6.01. The number of amides is 1. The molecule has 2 aliphatic rings. The lowest BCUT2D eigenvalue weighted by molar-refractivity contribution is -0.144. The first-order chi connectivity index (χ1) is 11.0. The number of rotatable bonds is 4. The van der Waals surface area contributed by atoms with Crippen molar-refractivity contribution in [3.05, 3.63) is 23.8 Å². The standard InChI is InChI=1S/C16H18N2O5/c19-13(8-18-6-2-1-3-12(18)16(21)22)10-4-5-14-11(7-10)17-15(20)9-23-14/h4-5,7,12H,1-3,6,8-9H2,(H,17,20)(H,21,22). The molecule has 0 saturated carbocycles. The van der Waals surface area contributed by atoms with Crippen molar-refractivity contribution < 1.29 is 24.2 Å². The zero-order chi connectivity index (χ0) is 16.4. The van der Waals surface area contributed by atoms with Crippen molar-refractivity contribution in [3.63, 3.8) is 0 Å². The van der Waals surface area contributed by atoms with Gasteiger partial charge in [-0.25, -0.2) is 0 Å². The van der Waals surface area contributed by atoms with Crippen LogP contribution in [0.4, 0.5) is 5.69 Å². The van der Waals surface area contributed by atoms with Crippen LogP contribution in [0.15, 0.2) is 18.2 Å². The molecule has 1 aromatic carbocycles. The van der Waals surface area contributed by atoms with Gasteiger partial charge in [-0.3, -0.25) is 19.3 Å². The molecule has 1 aromatic rings. The van der Waals surface area contributed by atoms with Crippen molar-refractivity contribution in [2.24, 2.45) is 0 Å². The quantitative estimate of drug-likeness (QED) is 0.808. The number of carboxylic acids is 1. The van der Waals surface area contributed by atoms with Gasteiger partial charge in [-0.15, -0.1) is 0 Å². The van der Waals surface area contributed by atoms with Gasteiger partial charge in [0.2, 0.25) is 0 Å². The summed E-state index contributed by atoms with van der Waals surface area (Å²) >= 11 is 0. The predicted molar refractivity (Wildman–Crippen MR) is 81.7 cm³/mol. The highest BCUT2D eigenvalue weighted by Gasteiger charge is 2.30. The van der Waals surface area contributed by atoms with Gasteiger partial charge in [-0.2, -0.15) is 0 Å². The van der Waals surface area contributed by atoms with Crippen molar-refractivity contribution in [1.82, 2.24) is 4.90 Å². The molecule has 2 aliphatic heterocycles. The summed E-state index contributed by atoms with van der Waals surface area (Å²) < 4.78 is 5.26. The summed E-state index contributed by atoms with van der Waals surface area (Å²) in [6.07, 6.45) is 2.33. The SMILES string of the molecule is O=C1COc2ccc(C(=O)CN3CCCCC3C(=O)O)cc2N1. The van der Waals surface area contributed by atoms with Crippen LogP contribution in [0.5, 0.6) is 5.75 Å². The summed E-state index contributed by atoms with van der Waals surface area (Å²) in [7, 11) is 0. The van der Waals surface area contributed by atoms with E-state index in [0.29, 0.717) is 30.0 Å². The molecule has 2 N–H and O–H groups in total. The van der Waals surface area contributed by atoms with E-state index >= 15 is 0 Å². The molecule has 7 nitrogen and oxygen atoms in total. The van der Waals surface area contributed by atoms with Crippen molar-refractivity contribution in [1.29, 1.82) is 0 Å². The summed E-state index contributed by atoms with van der Waals surface area (Å²) in [4.78, 5) is 36.8. The summed E-state index contributed by atoms with van der Waals surface area (Å²) in [5, 5.41) is 11.9. The molecule has 0 aromatic heterocycles. The second-order valence-corrected chi connectivity index (χ2v) is 5.79.